The quantitative estimate of drug-likeness (QED) is 0.751. The summed E-state index contributed by atoms with van der Waals surface area (Å²) in [5.74, 6) is 0.381. The first kappa shape index (κ1) is 16.7. The summed E-state index contributed by atoms with van der Waals surface area (Å²) in [6, 6.07) is 10.00. The summed E-state index contributed by atoms with van der Waals surface area (Å²) in [6.07, 6.45) is 3.93. The number of aromatic amines is 1. The third-order valence-corrected chi connectivity index (χ3v) is 4.65. The van der Waals surface area contributed by atoms with E-state index in [4.69, 9.17) is 0 Å². The molecule has 5 nitrogen and oxygen atoms in total. The average molecular weight is 345 g/mol. The van der Waals surface area contributed by atoms with Crippen molar-refractivity contribution >= 4 is 18.1 Å². The third kappa shape index (κ3) is 2.97. The molecule has 0 amide bonds. The molecule has 3 aromatic rings. The Labute approximate surface area is 146 Å². The minimum atomic E-state index is -0.0557. The van der Waals surface area contributed by atoms with Gasteiger partial charge < -0.3 is 10.3 Å². The number of nitrogens with zero attached hydrogens (tertiary/aromatic N) is 2. The van der Waals surface area contributed by atoms with E-state index in [-0.39, 0.29) is 18.0 Å². The van der Waals surface area contributed by atoms with Gasteiger partial charge in [-0.25, -0.2) is 4.52 Å². The number of rotatable bonds is 2. The van der Waals surface area contributed by atoms with Crippen LogP contribution in [0.5, 0.6) is 0 Å². The molecule has 126 valence electrons. The van der Waals surface area contributed by atoms with Gasteiger partial charge in [0.2, 0.25) is 0 Å². The largest absolute Gasteiger partial charge is 0.317 e. The molecule has 1 aliphatic rings. The molecule has 0 spiro atoms. The van der Waals surface area contributed by atoms with Gasteiger partial charge in [-0.3, -0.25) is 4.79 Å². The van der Waals surface area contributed by atoms with Crippen molar-refractivity contribution in [2.75, 3.05) is 13.1 Å². The summed E-state index contributed by atoms with van der Waals surface area (Å²) in [6.45, 7) is 4.05. The molecule has 6 heteroatoms. The van der Waals surface area contributed by atoms with Gasteiger partial charge in [-0.05, 0) is 38.4 Å². The van der Waals surface area contributed by atoms with Crippen LogP contribution in [0.15, 0.2) is 41.3 Å². The van der Waals surface area contributed by atoms with Crippen molar-refractivity contribution in [3.8, 4) is 11.1 Å². The number of benzene rings is 1. The lowest BCUT2D eigenvalue weighted by Gasteiger charge is -2.23. The first-order valence-electron chi connectivity index (χ1n) is 8.11. The number of aryl methyl sites for hydroxylation is 1. The second-order valence-electron chi connectivity index (χ2n) is 6.27. The zero-order valence-electron chi connectivity index (χ0n) is 13.6. The van der Waals surface area contributed by atoms with Crippen LogP contribution < -0.4 is 10.9 Å². The Bertz CT molecular complexity index is 892. The number of H-pyrrole nitrogens is 1. The van der Waals surface area contributed by atoms with Gasteiger partial charge in [-0.15, -0.1) is 12.4 Å². The molecule has 2 N–H and O–H groups in total. The van der Waals surface area contributed by atoms with Crippen molar-refractivity contribution in [3.63, 3.8) is 0 Å². The van der Waals surface area contributed by atoms with Gasteiger partial charge in [0.25, 0.3) is 5.56 Å². The van der Waals surface area contributed by atoms with Crippen molar-refractivity contribution in [1.82, 2.24) is 19.9 Å². The second-order valence-corrected chi connectivity index (χ2v) is 6.27. The molecule has 1 saturated heterocycles. The van der Waals surface area contributed by atoms with Crippen molar-refractivity contribution < 1.29 is 0 Å². The third-order valence-electron chi connectivity index (χ3n) is 4.65. The smallest absolute Gasteiger partial charge is 0.251 e. The fourth-order valence-electron chi connectivity index (χ4n) is 3.37. The van der Waals surface area contributed by atoms with Crippen molar-refractivity contribution in [1.29, 1.82) is 0 Å². The number of aromatic nitrogens is 3. The molecular formula is C18H21ClN4O. The Morgan fingerprint density at radius 3 is 2.58 bits per heavy atom. The summed E-state index contributed by atoms with van der Waals surface area (Å²) in [4.78, 5) is 15.1. The molecule has 24 heavy (non-hydrogen) atoms. The minimum absolute atomic E-state index is 0. The van der Waals surface area contributed by atoms with Crippen LogP contribution in [0.1, 0.15) is 30.0 Å². The summed E-state index contributed by atoms with van der Waals surface area (Å²) in [5.41, 5.74) is 5.01. The number of halogens is 1. The summed E-state index contributed by atoms with van der Waals surface area (Å²) in [5, 5.41) is 7.93. The monoisotopic (exact) mass is 344 g/mol. The fraction of sp³-hybridized carbons (Fsp3) is 0.333. The molecule has 3 heterocycles. The molecule has 1 fully saturated rings. The van der Waals surface area contributed by atoms with Gasteiger partial charge in [-0.2, -0.15) is 5.10 Å². The van der Waals surface area contributed by atoms with E-state index < -0.39 is 0 Å². The lowest BCUT2D eigenvalue weighted by Crippen LogP contribution is -2.28. The fourth-order valence-corrected chi connectivity index (χ4v) is 3.37. The van der Waals surface area contributed by atoms with Crippen LogP contribution in [0.3, 0.4) is 0 Å². The van der Waals surface area contributed by atoms with Crippen molar-refractivity contribution in [3.05, 3.63) is 58.1 Å². The number of hydrogen-bond acceptors (Lipinski definition) is 3. The highest BCUT2D eigenvalue weighted by Crippen LogP contribution is 2.28. The summed E-state index contributed by atoms with van der Waals surface area (Å²) >= 11 is 0. The maximum Gasteiger partial charge on any atom is 0.251 e. The predicted molar refractivity (Wildman–Crippen MR) is 98.1 cm³/mol. The molecule has 0 radical (unpaired) electrons. The van der Waals surface area contributed by atoms with E-state index in [2.05, 4.69) is 46.6 Å². The van der Waals surface area contributed by atoms with Crippen LogP contribution in [-0.4, -0.2) is 27.7 Å². The highest BCUT2D eigenvalue weighted by Gasteiger charge is 2.20. The molecule has 1 aromatic carbocycles. The molecular weight excluding hydrogens is 324 g/mol. The van der Waals surface area contributed by atoms with E-state index in [0.29, 0.717) is 5.92 Å². The topological polar surface area (TPSA) is 62.2 Å². The Morgan fingerprint density at radius 1 is 1.17 bits per heavy atom. The van der Waals surface area contributed by atoms with Crippen LogP contribution in [0.4, 0.5) is 0 Å². The highest BCUT2D eigenvalue weighted by molar-refractivity contribution is 5.85. The second kappa shape index (κ2) is 6.79. The van der Waals surface area contributed by atoms with Gasteiger partial charge in [0.15, 0.2) is 0 Å². The van der Waals surface area contributed by atoms with E-state index in [1.165, 1.54) is 5.56 Å². The summed E-state index contributed by atoms with van der Waals surface area (Å²) in [7, 11) is 0. The normalized spacial score (nSPS) is 15.4. The molecule has 0 saturated carbocycles. The Kier molecular flexibility index (Phi) is 4.73. The van der Waals surface area contributed by atoms with Gasteiger partial charge in [0.05, 0.1) is 11.9 Å². The van der Waals surface area contributed by atoms with Crippen LogP contribution in [-0.2, 0) is 0 Å². The number of fused-ring (bicyclic) bond motifs is 1. The van der Waals surface area contributed by atoms with Crippen molar-refractivity contribution in [2.24, 2.45) is 0 Å². The number of hydrogen-bond donors (Lipinski definition) is 2. The van der Waals surface area contributed by atoms with E-state index in [1.54, 1.807) is 6.07 Å². The maximum absolute atomic E-state index is 12.2. The Balaban J connectivity index is 0.00000169. The molecule has 0 atom stereocenters. The minimum Gasteiger partial charge on any atom is -0.317 e. The van der Waals surface area contributed by atoms with Crippen LogP contribution in [0, 0.1) is 6.92 Å². The first-order valence-corrected chi connectivity index (χ1v) is 8.11. The van der Waals surface area contributed by atoms with Crippen LogP contribution >= 0.6 is 12.4 Å². The van der Waals surface area contributed by atoms with Gasteiger partial charge >= 0.3 is 0 Å². The van der Waals surface area contributed by atoms with Gasteiger partial charge in [0, 0.05) is 17.5 Å². The van der Waals surface area contributed by atoms with E-state index >= 15 is 0 Å². The lowest BCUT2D eigenvalue weighted by molar-refractivity contribution is 0.446. The first-order chi connectivity index (χ1) is 11.2. The lowest BCUT2D eigenvalue weighted by atomic mass is 9.94. The van der Waals surface area contributed by atoms with Crippen LogP contribution in [0.2, 0.25) is 0 Å². The van der Waals surface area contributed by atoms with Crippen molar-refractivity contribution in [2.45, 2.75) is 25.7 Å². The SMILES string of the molecule is Cc1ccc(-c2cnn3c(C4CCNCC4)cc(=O)[nH]c23)cc1.Cl. The standard InChI is InChI=1S/C18H20N4O.ClH/c1-12-2-4-13(5-3-12)15-11-20-22-16(10-17(23)21-18(15)22)14-6-8-19-9-7-14;/h2-5,10-11,14,19H,6-9H2,1H3,(H,21,23);1H. The molecule has 4 rings (SSSR count). The van der Waals surface area contributed by atoms with Gasteiger partial charge in [0.1, 0.15) is 5.65 Å². The van der Waals surface area contributed by atoms with E-state index in [9.17, 15) is 4.79 Å². The molecule has 0 bridgehead atoms. The highest BCUT2D eigenvalue weighted by atomic mass is 35.5. The summed E-state index contributed by atoms with van der Waals surface area (Å²) < 4.78 is 1.91. The number of piperidine rings is 1. The van der Waals surface area contributed by atoms with Crippen LogP contribution in [0.25, 0.3) is 16.8 Å². The predicted octanol–water partition coefficient (Wildman–Crippen LogP) is 2.89. The Hall–Kier alpha value is -2.11. The molecule has 0 unspecified atom stereocenters. The van der Waals surface area contributed by atoms with E-state index in [0.717, 1.165) is 48.4 Å². The molecule has 2 aromatic heterocycles. The average Bonchev–Trinajstić information content (AvgIpc) is 2.99. The maximum atomic E-state index is 12.2. The molecule has 0 aliphatic carbocycles. The molecule has 1 aliphatic heterocycles. The zero-order chi connectivity index (χ0) is 15.8. The van der Waals surface area contributed by atoms with Gasteiger partial charge in [-0.1, -0.05) is 29.8 Å². The zero-order valence-corrected chi connectivity index (χ0v) is 14.4. The van der Waals surface area contributed by atoms with E-state index in [1.807, 2.05) is 10.7 Å². The number of nitrogens with one attached hydrogen (secondary N) is 2. The Morgan fingerprint density at radius 2 is 1.88 bits per heavy atom.